The van der Waals surface area contributed by atoms with E-state index in [4.69, 9.17) is 0 Å². The molecule has 5 aliphatic rings. The molecule has 2 bridgehead atoms. The number of alkyl halides is 3. The summed E-state index contributed by atoms with van der Waals surface area (Å²) in [5, 5.41) is 18.6. The first-order valence-corrected chi connectivity index (χ1v) is 17.9. The fourth-order valence-corrected chi connectivity index (χ4v) is 9.73. The van der Waals surface area contributed by atoms with Crippen molar-refractivity contribution in [3.05, 3.63) is 88.2 Å². The number of piperidine rings is 1. The molecule has 0 unspecified atom stereocenters. The van der Waals surface area contributed by atoms with Gasteiger partial charge in [-0.05, 0) is 73.8 Å². The molecule has 8 nitrogen and oxygen atoms in total. The molecule has 4 fully saturated rings. The van der Waals surface area contributed by atoms with Gasteiger partial charge in [0.2, 0.25) is 5.91 Å². The molecular formula is C38H38F3N7OS. The number of rotatable bonds is 9. The number of amides is 1. The number of nitrogens with zero attached hydrogens (tertiary/aromatic N) is 5. The van der Waals surface area contributed by atoms with Crippen LogP contribution >= 0.6 is 11.3 Å². The second-order valence-electron chi connectivity index (χ2n) is 14.8. The molecule has 50 heavy (non-hydrogen) atoms. The maximum Gasteiger partial charge on any atom is 0.393 e. The Kier molecular flexibility index (Phi) is 7.91. The highest BCUT2D eigenvalue weighted by atomic mass is 32.1. The molecule has 1 aromatic carbocycles. The molecule has 3 aromatic heterocycles. The second kappa shape index (κ2) is 12.1. The van der Waals surface area contributed by atoms with Gasteiger partial charge in [0.25, 0.3) is 0 Å². The number of fused-ring (bicyclic) bond motifs is 2. The number of nitrogens with one attached hydrogen (secondary N) is 2. The number of allylic oxidation sites excluding steroid dienone is 4. The van der Waals surface area contributed by atoms with Gasteiger partial charge >= 0.3 is 6.18 Å². The molecule has 12 heteroatoms. The summed E-state index contributed by atoms with van der Waals surface area (Å²) in [4.78, 5) is 24.7. The van der Waals surface area contributed by atoms with Crippen LogP contribution in [0.15, 0.2) is 66.5 Å². The molecule has 0 atom stereocenters. The lowest BCUT2D eigenvalue weighted by molar-refractivity contribution is -0.169. The molecule has 1 aliphatic heterocycles. The number of hydrogen-bond donors (Lipinski definition) is 2. The van der Waals surface area contributed by atoms with Crippen molar-refractivity contribution in [3.63, 3.8) is 0 Å². The summed E-state index contributed by atoms with van der Waals surface area (Å²) in [6.45, 7) is 9.45. The van der Waals surface area contributed by atoms with Gasteiger partial charge in [0.15, 0.2) is 0 Å². The molecule has 4 aromatic rings. The fraction of sp³-hybridized carbons (Fsp3) is 0.421. The van der Waals surface area contributed by atoms with E-state index >= 15 is 0 Å². The minimum atomic E-state index is -4.26. The Morgan fingerprint density at radius 3 is 2.66 bits per heavy atom. The van der Waals surface area contributed by atoms with Gasteiger partial charge in [-0.1, -0.05) is 36.4 Å². The van der Waals surface area contributed by atoms with Crippen molar-refractivity contribution in [2.75, 3.05) is 18.4 Å². The largest absolute Gasteiger partial charge is 0.393 e. The number of likely N-dealkylation sites (tertiary alicyclic amines) is 1. The first kappa shape index (κ1) is 32.7. The Labute approximate surface area is 292 Å². The number of anilines is 1. The van der Waals surface area contributed by atoms with Crippen LogP contribution in [0.3, 0.4) is 0 Å². The molecule has 4 aliphatic carbocycles. The Morgan fingerprint density at radius 2 is 1.94 bits per heavy atom. The number of thiophene rings is 1. The highest BCUT2D eigenvalue weighted by Crippen LogP contribution is 2.68. The van der Waals surface area contributed by atoms with Gasteiger partial charge in [-0.15, -0.1) is 11.3 Å². The average molecular weight is 698 g/mol. The van der Waals surface area contributed by atoms with Crippen LogP contribution in [-0.2, 0) is 24.3 Å². The zero-order valence-corrected chi connectivity index (χ0v) is 28.7. The van der Waals surface area contributed by atoms with Gasteiger partial charge in [-0.25, -0.2) is 9.97 Å². The summed E-state index contributed by atoms with van der Waals surface area (Å²) in [7, 11) is 0. The van der Waals surface area contributed by atoms with Crippen molar-refractivity contribution in [1.82, 2.24) is 24.8 Å². The van der Waals surface area contributed by atoms with Crippen molar-refractivity contribution in [1.29, 1.82) is 5.26 Å². The number of aryl methyl sites for hydroxylation is 1. The lowest BCUT2D eigenvalue weighted by atomic mass is 9.39. The van der Waals surface area contributed by atoms with E-state index in [2.05, 4.69) is 61.8 Å². The van der Waals surface area contributed by atoms with Crippen LogP contribution in [0.1, 0.15) is 60.2 Å². The van der Waals surface area contributed by atoms with Crippen molar-refractivity contribution >= 4 is 44.2 Å². The van der Waals surface area contributed by atoms with Crippen molar-refractivity contribution < 1.29 is 18.0 Å². The number of halogens is 3. The van der Waals surface area contributed by atoms with E-state index in [1.54, 1.807) is 6.07 Å². The van der Waals surface area contributed by atoms with Gasteiger partial charge in [0, 0.05) is 65.5 Å². The zero-order valence-electron chi connectivity index (χ0n) is 27.9. The van der Waals surface area contributed by atoms with Gasteiger partial charge in [0.05, 0.1) is 11.8 Å². The van der Waals surface area contributed by atoms with E-state index in [0.717, 1.165) is 91.7 Å². The Hall–Kier alpha value is -4.47. The number of carbonyl (C=O) groups excluding carboxylic acids is 1. The van der Waals surface area contributed by atoms with Crippen LogP contribution in [0, 0.1) is 23.7 Å². The van der Waals surface area contributed by atoms with E-state index in [1.807, 2.05) is 24.3 Å². The van der Waals surface area contributed by atoms with Crippen LogP contribution < -0.4 is 10.6 Å². The normalized spacial score (nSPS) is 23.7. The topological polar surface area (TPSA) is 98.9 Å². The summed E-state index contributed by atoms with van der Waals surface area (Å²) in [6, 6.07) is 10.5. The van der Waals surface area contributed by atoms with E-state index in [0.29, 0.717) is 28.1 Å². The SMILES string of the molecule is C=C1C=CC=C(C(=O)NC23CC(Cn4c(C#N)cc5c(C)c(CN6CCC(Nc7ncnc8sc(CC(F)(F)F)cc78)CC6)ccc54)(C2)C3)C1. The second-order valence-corrected chi connectivity index (χ2v) is 15.9. The van der Waals surface area contributed by atoms with Crippen molar-refractivity contribution in [2.24, 2.45) is 5.41 Å². The smallest absolute Gasteiger partial charge is 0.367 e. The maximum absolute atomic E-state index is 13.0. The van der Waals surface area contributed by atoms with Crippen LogP contribution in [0.25, 0.3) is 21.1 Å². The van der Waals surface area contributed by atoms with Gasteiger partial charge in [-0.2, -0.15) is 18.4 Å². The molecule has 1 saturated heterocycles. The summed E-state index contributed by atoms with van der Waals surface area (Å²) >= 11 is 1.06. The number of hydrogen-bond acceptors (Lipinski definition) is 7. The summed E-state index contributed by atoms with van der Waals surface area (Å²) in [5.74, 6) is 0.598. The molecule has 0 radical (unpaired) electrons. The van der Waals surface area contributed by atoms with Crippen LogP contribution in [-0.4, -0.2) is 56.2 Å². The predicted molar refractivity (Wildman–Crippen MR) is 189 cm³/mol. The first-order chi connectivity index (χ1) is 23.9. The third-order valence-electron chi connectivity index (χ3n) is 11.0. The molecule has 2 N–H and O–H groups in total. The van der Waals surface area contributed by atoms with E-state index < -0.39 is 12.6 Å². The van der Waals surface area contributed by atoms with E-state index in [1.165, 1.54) is 17.5 Å². The van der Waals surface area contributed by atoms with Crippen LogP contribution in [0.4, 0.5) is 19.0 Å². The Balaban J connectivity index is 0.889. The zero-order chi connectivity index (χ0) is 34.8. The standard InChI is InChI=1S/C38H38F3N7OS/c1-23-4-3-5-25(12-23)34(49)46-37-18-36(19-37,20-37)21-48-28(16-42)13-30-24(2)26(6-7-32(30)48)17-47-10-8-27(9-11-47)45-33-31-14-29(15-38(39,40)41)50-35(31)44-22-43-33/h3-7,13-14,22,27H,1,8-12,15,17-21H2,2H3,(H,46,49)(H,43,44,45). The first-order valence-electron chi connectivity index (χ1n) is 17.1. The Bertz CT molecular complexity index is 2120. The summed E-state index contributed by atoms with van der Waals surface area (Å²) in [6.07, 6.45) is 7.02. The lowest BCUT2D eigenvalue weighted by Gasteiger charge is -2.71. The quantitative estimate of drug-likeness (QED) is 0.188. The van der Waals surface area contributed by atoms with Crippen LogP contribution in [0.2, 0.25) is 0 Å². The predicted octanol–water partition coefficient (Wildman–Crippen LogP) is 7.49. The van der Waals surface area contributed by atoms with Gasteiger partial charge < -0.3 is 15.2 Å². The van der Waals surface area contributed by atoms with Crippen molar-refractivity contribution in [3.8, 4) is 6.07 Å². The van der Waals surface area contributed by atoms with E-state index in [9.17, 15) is 23.2 Å². The van der Waals surface area contributed by atoms with Gasteiger partial charge in [0.1, 0.15) is 28.7 Å². The lowest BCUT2D eigenvalue weighted by Crippen LogP contribution is -2.75. The van der Waals surface area contributed by atoms with Crippen molar-refractivity contribution in [2.45, 2.75) is 82.7 Å². The minimum Gasteiger partial charge on any atom is -0.367 e. The third-order valence-corrected chi connectivity index (χ3v) is 12.1. The molecular weight excluding hydrogens is 660 g/mol. The van der Waals surface area contributed by atoms with Gasteiger partial charge in [-0.3, -0.25) is 9.69 Å². The van der Waals surface area contributed by atoms with Crippen LogP contribution in [0.5, 0.6) is 0 Å². The fourth-order valence-electron chi connectivity index (χ4n) is 8.70. The number of carbonyl (C=O) groups is 1. The monoisotopic (exact) mass is 697 g/mol. The molecule has 9 rings (SSSR count). The maximum atomic E-state index is 13.0. The highest BCUT2D eigenvalue weighted by molar-refractivity contribution is 7.18. The molecule has 1 amide bonds. The summed E-state index contributed by atoms with van der Waals surface area (Å²) < 4.78 is 41.1. The van der Waals surface area contributed by atoms with E-state index in [-0.39, 0.29) is 27.8 Å². The average Bonchev–Trinajstić information content (AvgIpc) is 3.62. The molecule has 4 heterocycles. The number of nitriles is 1. The molecule has 3 saturated carbocycles. The number of benzene rings is 1. The number of aromatic nitrogens is 3. The third kappa shape index (κ3) is 6.11. The highest BCUT2D eigenvalue weighted by Gasteiger charge is 2.68. The minimum absolute atomic E-state index is 0.00325. The summed E-state index contributed by atoms with van der Waals surface area (Å²) in [5.41, 5.74) is 5.85. The Morgan fingerprint density at radius 1 is 1.16 bits per heavy atom. The molecule has 258 valence electrons. The molecule has 0 spiro atoms.